The van der Waals surface area contributed by atoms with Gasteiger partial charge in [-0.15, -0.1) is 23.1 Å². The lowest BCUT2D eigenvalue weighted by molar-refractivity contribution is 0.102. The van der Waals surface area contributed by atoms with Gasteiger partial charge < -0.3 is 0 Å². The van der Waals surface area contributed by atoms with Crippen molar-refractivity contribution in [1.82, 2.24) is 4.98 Å². The van der Waals surface area contributed by atoms with Gasteiger partial charge in [0.25, 0.3) is 5.91 Å². The number of thioether (sulfide) groups is 1. The van der Waals surface area contributed by atoms with E-state index < -0.39 is 0 Å². The van der Waals surface area contributed by atoms with Gasteiger partial charge in [0.2, 0.25) is 0 Å². The molecule has 0 aliphatic rings. The van der Waals surface area contributed by atoms with Gasteiger partial charge in [0.05, 0.1) is 11.3 Å². The highest BCUT2D eigenvalue weighted by Crippen LogP contribution is 2.31. The van der Waals surface area contributed by atoms with Crippen LogP contribution < -0.4 is 5.32 Å². The van der Waals surface area contributed by atoms with Crippen molar-refractivity contribution < 1.29 is 4.79 Å². The van der Waals surface area contributed by atoms with Gasteiger partial charge in [-0.1, -0.05) is 40.2 Å². The maximum Gasteiger partial charge on any atom is 0.258 e. The van der Waals surface area contributed by atoms with Gasteiger partial charge in [0, 0.05) is 19.8 Å². The first-order valence-corrected chi connectivity index (χ1v) is 10.1. The molecule has 1 aromatic heterocycles. The maximum absolute atomic E-state index is 12.5. The number of rotatable bonds is 4. The van der Waals surface area contributed by atoms with Gasteiger partial charge in [0.15, 0.2) is 5.13 Å². The number of hydrogen-bond donors (Lipinski definition) is 1. The van der Waals surface area contributed by atoms with E-state index in [1.54, 1.807) is 11.8 Å². The lowest BCUT2D eigenvalue weighted by atomic mass is 10.1. The number of hydrogen-bond acceptors (Lipinski definition) is 4. The molecule has 0 atom stereocenters. The summed E-state index contributed by atoms with van der Waals surface area (Å²) in [5.74, 6) is -0.129. The Labute approximate surface area is 157 Å². The normalized spacial score (nSPS) is 10.6. The lowest BCUT2D eigenvalue weighted by Gasteiger charge is -2.06. The molecule has 0 unspecified atom stereocenters. The van der Waals surface area contributed by atoms with Gasteiger partial charge >= 0.3 is 0 Å². The zero-order chi connectivity index (χ0) is 17.1. The first-order valence-electron chi connectivity index (χ1n) is 7.26. The van der Waals surface area contributed by atoms with Crippen molar-refractivity contribution >= 4 is 50.1 Å². The third kappa shape index (κ3) is 3.71. The fourth-order valence-electron chi connectivity index (χ4n) is 2.32. The van der Waals surface area contributed by atoms with Crippen molar-refractivity contribution in [3.05, 3.63) is 63.4 Å². The fourth-order valence-corrected chi connectivity index (χ4v) is 4.01. The predicted molar refractivity (Wildman–Crippen MR) is 106 cm³/mol. The van der Waals surface area contributed by atoms with Crippen LogP contribution in [0.2, 0.25) is 0 Å². The van der Waals surface area contributed by atoms with Crippen molar-refractivity contribution in [3.8, 4) is 11.3 Å². The number of halogens is 1. The van der Waals surface area contributed by atoms with Crippen LogP contribution in [-0.2, 0) is 0 Å². The van der Waals surface area contributed by atoms with Crippen molar-refractivity contribution in [2.45, 2.75) is 11.8 Å². The van der Waals surface area contributed by atoms with E-state index in [1.807, 2.05) is 61.7 Å². The zero-order valence-corrected chi connectivity index (χ0v) is 16.4. The summed E-state index contributed by atoms with van der Waals surface area (Å²) in [4.78, 5) is 19.2. The van der Waals surface area contributed by atoms with Crippen molar-refractivity contribution in [2.75, 3.05) is 11.6 Å². The van der Waals surface area contributed by atoms with Crippen LogP contribution in [0.25, 0.3) is 11.3 Å². The van der Waals surface area contributed by atoms with Crippen LogP contribution in [0.4, 0.5) is 5.13 Å². The molecule has 0 radical (unpaired) electrons. The fraction of sp³-hybridized carbons (Fsp3) is 0.111. The monoisotopic (exact) mass is 418 g/mol. The standard InChI is InChI=1S/C18H15BrN2OS2/c1-11-16(12-7-9-13(19)10-8-12)20-18(24-11)21-17(22)14-5-3-4-6-15(14)23-2/h3-10H,1-2H3,(H,20,21,22). The van der Waals surface area contributed by atoms with Gasteiger partial charge in [-0.05, 0) is 37.4 Å². The first-order chi connectivity index (χ1) is 11.6. The largest absolute Gasteiger partial charge is 0.298 e. The second kappa shape index (κ2) is 7.51. The molecule has 0 fully saturated rings. The Bertz CT molecular complexity index is 875. The average Bonchev–Trinajstić information content (AvgIpc) is 2.95. The van der Waals surface area contributed by atoms with Crippen molar-refractivity contribution in [2.24, 2.45) is 0 Å². The summed E-state index contributed by atoms with van der Waals surface area (Å²) >= 11 is 6.48. The Hall–Kier alpha value is -1.63. The van der Waals surface area contributed by atoms with Crippen molar-refractivity contribution in [3.63, 3.8) is 0 Å². The number of nitrogens with zero attached hydrogens (tertiary/aromatic N) is 1. The molecule has 1 heterocycles. The van der Waals surface area contributed by atoms with Gasteiger partial charge in [-0.2, -0.15) is 0 Å². The molecular weight excluding hydrogens is 404 g/mol. The number of thiazole rings is 1. The minimum Gasteiger partial charge on any atom is -0.298 e. The van der Waals surface area contributed by atoms with Gasteiger partial charge in [0.1, 0.15) is 0 Å². The average molecular weight is 419 g/mol. The van der Waals surface area contributed by atoms with Gasteiger partial charge in [-0.3, -0.25) is 10.1 Å². The Kier molecular flexibility index (Phi) is 5.38. The van der Waals surface area contributed by atoms with E-state index in [1.165, 1.54) is 11.3 Å². The summed E-state index contributed by atoms with van der Waals surface area (Å²) in [6.07, 6.45) is 1.96. The molecule has 122 valence electrons. The minimum atomic E-state index is -0.129. The van der Waals surface area contributed by atoms with Gasteiger partial charge in [-0.25, -0.2) is 4.98 Å². The summed E-state index contributed by atoms with van der Waals surface area (Å²) < 4.78 is 1.03. The molecule has 1 N–H and O–H groups in total. The van der Waals surface area contributed by atoms with E-state index in [0.717, 1.165) is 25.5 Å². The highest BCUT2D eigenvalue weighted by atomic mass is 79.9. The zero-order valence-electron chi connectivity index (χ0n) is 13.2. The molecule has 6 heteroatoms. The molecule has 0 bridgehead atoms. The Morgan fingerprint density at radius 1 is 1.17 bits per heavy atom. The van der Waals surface area contributed by atoms with Crippen LogP contribution in [0.3, 0.4) is 0 Å². The van der Waals surface area contributed by atoms with Crippen LogP contribution in [0, 0.1) is 6.92 Å². The number of nitrogens with one attached hydrogen (secondary N) is 1. The molecule has 0 aliphatic carbocycles. The number of aromatic nitrogens is 1. The summed E-state index contributed by atoms with van der Waals surface area (Å²) in [6, 6.07) is 15.6. The molecule has 24 heavy (non-hydrogen) atoms. The Morgan fingerprint density at radius 3 is 2.58 bits per heavy atom. The van der Waals surface area contributed by atoms with Crippen LogP contribution in [0.5, 0.6) is 0 Å². The minimum absolute atomic E-state index is 0.129. The van der Waals surface area contributed by atoms with E-state index in [-0.39, 0.29) is 5.91 Å². The van der Waals surface area contributed by atoms with E-state index in [2.05, 4.69) is 26.2 Å². The number of aryl methyl sites for hydroxylation is 1. The van der Waals surface area contributed by atoms with Crippen molar-refractivity contribution in [1.29, 1.82) is 0 Å². The lowest BCUT2D eigenvalue weighted by Crippen LogP contribution is -2.12. The Morgan fingerprint density at radius 2 is 1.88 bits per heavy atom. The number of carbonyl (C=O) groups is 1. The number of amides is 1. The first kappa shape index (κ1) is 17.2. The third-order valence-corrected chi connectivity index (χ3v) is 5.70. The van der Waals surface area contributed by atoms with E-state index in [0.29, 0.717) is 10.7 Å². The van der Waals surface area contributed by atoms with E-state index in [9.17, 15) is 4.79 Å². The van der Waals surface area contributed by atoms with Crippen LogP contribution in [-0.4, -0.2) is 17.1 Å². The molecule has 2 aromatic carbocycles. The van der Waals surface area contributed by atoms with Crippen LogP contribution >= 0.6 is 39.0 Å². The molecule has 0 aliphatic heterocycles. The Balaban J connectivity index is 1.85. The van der Waals surface area contributed by atoms with Crippen LogP contribution in [0.15, 0.2) is 57.9 Å². The quantitative estimate of drug-likeness (QED) is 0.539. The molecule has 3 rings (SSSR count). The molecule has 1 amide bonds. The predicted octanol–water partition coefficient (Wildman–Crippen LogP) is 5.86. The summed E-state index contributed by atoms with van der Waals surface area (Å²) in [5, 5.41) is 3.54. The molecule has 3 nitrogen and oxygen atoms in total. The third-order valence-electron chi connectivity index (χ3n) is 3.49. The SMILES string of the molecule is CSc1ccccc1C(=O)Nc1nc(-c2ccc(Br)cc2)c(C)s1. The number of benzene rings is 2. The number of carbonyl (C=O) groups excluding carboxylic acids is 1. The molecular formula is C18H15BrN2OS2. The second-order valence-electron chi connectivity index (χ2n) is 5.09. The number of anilines is 1. The maximum atomic E-state index is 12.5. The summed E-state index contributed by atoms with van der Waals surface area (Å²) in [5.41, 5.74) is 2.61. The molecule has 0 saturated carbocycles. The van der Waals surface area contributed by atoms with E-state index >= 15 is 0 Å². The topological polar surface area (TPSA) is 42.0 Å². The summed E-state index contributed by atoms with van der Waals surface area (Å²) in [6.45, 7) is 2.01. The van der Waals surface area contributed by atoms with Crippen LogP contribution in [0.1, 0.15) is 15.2 Å². The highest BCUT2D eigenvalue weighted by molar-refractivity contribution is 9.10. The highest BCUT2D eigenvalue weighted by Gasteiger charge is 2.15. The second-order valence-corrected chi connectivity index (χ2v) is 8.05. The smallest absolute Gasteiger partial charge is 0.258 e. The molecule has 3 aromatic rings. The summed E-state index contributed by atoms with van der Waals surface area (Å²) in [7, 11) is 0. The molecule has 0 spiro atoms. The van der Waals surface area contributed by atoms with E-state index in [4.69, 9.17) is 0 Å². The molecule has 0 saturated heterocycles.